The minimum absolute atomic E-state index is 0.121. The zero-order valence-corrected chi connectivity index (χ0v) is 14.1. The van der Waals surface area contributed by atoms with Crippen LogP contribution in [0.25, 0.3) is 0 Å². The number of nitrogens with zero attached hydrogens (tertiary/aromatic N) is 1. The first-order chi connectivity index (χ1) is 11.6. The normalized spacial score (nSPS) is 20.5. The number of benzene rings is 1. The molecule has 0 aliphatic carbocycles. The van der Waals surface area contributed by atoms with Gasteiger partial charge in [0, 0.05) is 18.5 Å². The van der Waals surface area contributed by atoms with Crippen molar-refractivity contribution in [3.8, 4) is 11.5 Å². The Bertz CT molecular complexity index is 694. The second-order valence-corrected chi connectivity index (χ2v) is 5.81. The maximum Gasteiger partial charge on any atom is 0.420 e. The molecule has 1 aromatic carbocycles. The summed E-state index contributed by atoms with van der Waals surface area (Å²) in [5.74, 6) is -1.94. The molecule has 1 saturated heterocycles. The fourth-order valence-corrected chi connectivity index (χ4v) is 3.19. The average molecular weight is 379 g/mol. The Morgan fingerprint density at radius 3 is 2.44 bits per heavy atom. The SMILES string of the molecule is COc1ccc(C(=S)N2CC(O)CC2C(=O)O)c(C(F)(F)F)c1OC. The molecule has 1 aliphatic heterocycles. The number of ether oxygens (including phenoxy) is 2. The second-order valence-electron chi connectivity index (χ2n) is 5.42. The van der Waals surface area contributed by atoms with E-state index in [1.165, 1.54) is 13.2 Å². The number of carboxylic acid groups (broad SMARTS) is 1. The van der Waals surface area contributed by atoms with Gasteiger partial charge < -0.3 is 24.6 Å². The molecule has 2 atom stereocenters. The van der Waals surface area contributed by atoms with Crippen molar-refractivity contribution < 1.29 is 37.7 Å². The maximum absolute atomic E-state index is 13.6. The van der Waals surface area contributed by atoms with Crippen LogP contribution in [0.2, 0.25) is 0 Å². The number of hydrogen-bond donors (Lipinski definition) is 2. The molecule has 1 fully saturated rings. The summed E-state index contributed by atoms with van der Waals surface area (Å²) in [5.41, 5.74) is -1.55. The minimum Gasteiger partial charge on any atom is -0.493 e. The molecule has 6 nitrogen and oxygen atoms in total. The molecule has 1 heterocycles. The van der Waals surface area contributed by atoms with Crippen molar-refractivity contribution in [1.29, 1.82) is 0 Å². The van der Waals surface area contributed by atoms with Crippen molar-refractivity contribution in [2.45, 2.75) is 24.7 Å². The molecule has 2 N–H and O–H groups in total. The van der Waals surface area contributed by atoms with E-state index in [-0.39, 0.29) is 23.7 Å². The van der Waals surface area contributed by atoms with Crippen LogP contribution in [0.1, 0.15) is 17.5 Å². The van der Waals surface area contributed by atoms with E-state index in [0.29, 0.717) is 0 Å². The van der Waals surface area contributed by atoms with Crippen LogP contribution in [-0.4, -0.2) is 59.0 Å². The van der Waals surface area contributed by atoms with Crippen LogP contribution >= 0.6 is 12.2 Å². The number of thiocarbonyl (C=S) groups is 1. The minimum atomic E-state index is -4.81. The Hall–Kier alpha value is -2.07. The van der Waals surface area contributed by atoms with E-state index in [9.17, 15) is 28.2 Å². The Balaban J connectivity index is 2.58. The van der Waals surface area contributed by atoms with Crippen molar-refractivity contribution >= 4 is 23.2 Å². The number of alkyl halides is 3. The lowest BCUT2D eigenvalue weighted by molar-refractivity contribution is -0.141. The first-order valence-corrected chi connectivity index (χ1v) is 7.56. The highest BCUT2D eigenvalue weighted by Gasteiger charge is 2.43. The summed E-state index contributed by atoms with van der Waals surface area (Å²) < 4.78 is 50.6. The largest absolute Gasteiger partial charge is 0.493 e. The number of halogens is 3. The van der Waals surface area contributed by atoms with Crippen molar-refractivity contribution in [2.24, 2.45) is 0 Å². The summed E-state index contributed by atoms with van der Waals surface area (Å²) in [7, 11) is 2.27. The number of likely N-dealkylation sites (tertiary alicyclic amines) is 1. The average Bonchev–Trinajstić information content (AvgIpc) is 2.93. The molecular formula is C15H16F3NO5S. The van der Waals surface area contributed by atoms with E-state index in [4.69, 9.17) is 21.7 Å². The van der Waals surface area contributed by atoms with Crippen LogP contribution in [0, 0.1) is 0 Å². The third-order valence-electron chi connectivity index (χ3n) is 3.88. The van der Waals surface area contributed by atoms with E-state index in [0.717, 1.165) is 18.1 Å². The fraction of sp³-hybridized carbons (Fsp3) is 0.467. The van der Waals surface area contributed by atoms with Gasteiger partial charge in [-0.3, -0.25) is 0 Å². The topological polar surface area (TPSA) is 79.2 Å². The monoisotopic (exact) mass is 379 g/mol. The zero-order chi connectivity index (χ0) is 18.9. The Kier molecular flexibility index (Phi) is 5.43. The lowest BCUT2D eigenvalue weighted by Gasteiger charge is -2.27. The maximum atomic E-state index is 13.6. The Morgan fingerprint density at radius 1 is 1.32 bits per heavy atom. The van der Waals surface area contributed by atoms with Crippen molar-refractivity contribution in [3.63, 3.8) is 0 Å². The van der Waals surface area contributed by atoms with Crippen LogP contribution in [0.3, 0.4) is 0 Å². The molecule has 138 valence electrons. The van der Waals surface area contributed by atoms with Gasteiger partial charge in [0.05, 0.1) is 20.3 Å². The number of methoxy groups -OCH3 is 2. The molecule has 0 aromatic heterocycles. The Labute approximate surface area is 146 Å². The van der Waals surface area contributed by atoms with E-state index >= 15 is 0 Å². The highest BCUT2D eigenvalue weighted by Crippen LogP contribution is 2.44. The van der Waals surface area contributed by atoms with Crippen molar-refractivity contribution in [3.05, 3.63) is 23.3 Å². The quantitative estimate of drug-likeness (QED) is 0.774. The lowest BCUT2D eigenvalue weighted by atomic mass is 10.0. The van der Waals surface area contributed by atoms with Gasteiger partial charge >= 0.3 is 12.1 Å². The number of aliphatic hydroxyl groups excluding tert-OH is 1. The van der Waals surface area contributed by atoms with Crippen molar-refractivity contribution in [2.75, 3.05) is 20.8 Å². The van der Waals surface area contributed by atoms with Crippen LogP contribution in [0.5, 0.6) is 11.5 Å². The first-order valence-electron chi connectivity index (χ1n) is 7.15. The third kappa shape index (κ3) is 3.64. The summed E-state index contributed by atoms with van der Waals surface area (Å²) in [5, 5.41) is 18.9. The molecule has 1 aliphatic rings. The van der Waals surface area contributed by atoms with E-state index in [1.54, 1.807) is 0 Å². The van der Waals surface area contributed by atoms with Crippen LogP contribution in [-0.2, 0) is 11.0 Å². The number of carbonyl (C=O) groups is 1. The van der Waals surface area contributed by atoms with Gasteiger partial charge in [-0.2, -0.15) is 13.2 Å². The molecule has 2 unspecified atom stereocenters. The fourth-order valence-electron chi connectivity index (χ4n) is 2.81. The number of rotatable bonds is 4. The van der Waals surface area contributed by atoms with Gasteiger partial charge in [-0.1, -0.05) is 12.2 Å². The highest BCUT2D eigenvalue weighted by atomic mass is 32.1. The van der Waals surface area contributed by atoms with Gasteiger partial charge in [0.15, 0.2) is 11.5 Å². The predicted octanol–water partition coefficient (Wildman–Crippen LogP) is 1.92. The van der Waals surface area contributed by atoms with Gasteiger partial charge in [0.1, 0.15) is 16.6 Å². The van der Waals surface area contributed by atoms with Gasteiger partial charge in [0.25, 0.3) is 0 Å². The molecule has 2 rings (SSSR count). The van der Waals surface area contributed by atoms with Gasteiger partial charge in [-0.25, -0.2) is 4.79 Å². The summed E-state index contributed by atoms with van der Waals surface area (Å²) in [6.45, 7) is -0.165. The molecule has 25 heavy (non-hydrogen) atoms. The molecule has 0 spiro atoms. The van der Waals surface area contributed by atoms with Crippen LogP contribution in [0.4, 0.5) is 13.2 Å². The van der Waals surface area contributed by atoms with E-state index in [1.807, 2.05) is 0 Å². The number of β-amino-alcohol motifs (C(OH)–C–C–N with tert-alkyl or cyclic N) is 1. The lowest BCUT2D eigenvalue weighted by Crippen LogP contribution is -2.40. The number of carboxylic acids is 1. The van der Waals surface area contributed by atoms with Crippen LogP contribution < -0.4 is 9.47 Å². The number of aliphatic hydroxyl groups is 1. The van der Waals surface area contributed by atoms with Crippen molar-refractivity contribution in [1.82, 2.24) is 4.90 Å². The summed E-state index contributed by atoms with van der Waals surface area (Å²) in [6.07, 6.45) is -5.92. The molecule has 0 amide bonds. The summed E-state index contributed by atoms with van der Waals surface area (Å²) in [4.78, 5) is 12.1. The van der Waals surface area contributed by atoms with E-state index < -0.39 is 41.2 Å². The molecule has 0 saturated carbocycles. The van der Waals surface area contributed by atoms with Gasteiger partial charge in [-0.05, 0) is 12.1 Å². The summed E-state index contributed by atoms with van der Waals surface area (Å²) in [6, 6.07) is 1.17. The molecule has 10 heteroatoms. The van der Waals surface area contributed by atoms with Crippen LogP contribution in [0.15, 0.2) is 12.1 Å². The molecule has 1 aromatic rings. The standard InChI is InChI=1S/C15H16F3NO5S/c1-23-10-4-3-8(11(12(10)24-2)15(16,17)18)13(25)19-6-7(20)5-9(19)14(21)22/h3-4,7,9,20H,5-6H2,1-2H3,(H,21,22). The van der Waals surface area contributed by atoms with E-state index in [2.05, 4.69) is 0 Å². The Morgan fingerprint density at radius 2 is 1.96 bits per heavy atom. The highest BCUT2D eigenvalue weighted by molar-refractivity contribution is 7.80. The molecule has 0 bridgehead atoms. The first kappa shape index (κ1) is 19.3. The number of hydrogen-bond acceptors (Lipinski definition) is 5. The predicted molar refractivity (Wildman–Crippen MR) is 85.0 cm³/mol. The third-order valence-corrected chi connectivity index (χ3v) is 4.34. The second kappa shape index (κ2) is 7.04. The molecular weight excluding hydrogens is 363 g/mol. The zero-order valence-electron chi connectivity index (χ0n) is 13.3. The van der Waals surface area contributed by atoms with Gasteiger partial charge in [0.2, 0.25) is 0 Å². The summed E-state index contributed by atoms with van der Waals surface area (Å²) >= 11 is 5.13. The number of aliphatic carboxylic acids is 1. The smallest absolute Gasteiger partial charge is 0.420 e. The molecule has 0 radical (unpaired) electrons. The van der Waals surface area contributed by atoms with Gasteiger partial charge in [-0.15, -0.1) is 0 Å².